The van der Waals surface area contributed by atoms with Gasteiger partial charge in [-0.3, -0.25) is 4.98 Å². The summed E-state index contributed by atoms with van der Waals surface area (Å²) in [5, 5.41) is 3.48. The van der Waals surface area contributed by atoms with E-state index in [4.69, 9.17) is 0 Å². The van der Waals surface area contributed by atoms with Crippen LogP contribution >= 0.6 is 15.9 Å². The number of nitrogens with zero attached hydrogens (tertiary/aromatic N) is 1. The minimum absolute atomic E-state index is 0.275. The van der Waals surface area contributed by atoms with Gasteiger partial charge in [0.1, 0.15) is 0 Å². The van der Waals surface area contributed by atoms with Gasteiger partial charge in [-0.2, -0.15) is 0 Å². The van der Waals surface area contributed by atoms with Crippen LogP contribution in [0.3, 0.4) is 0 Å². The average Bonchev–Trinajstić information content (AvgIpc) is 2.29. The Morgan fingerprint density at radius 2 is 2.31 bits per heavy atom. The van der Waals surface area contributed by atoms with Crippen LogP contribution in [0.25, 0.3) is 0 Å². The second kappa shape index (κ2) is 7.43. The number of pyridine rings is 1. The van der Waals surface area contributed by atoms with Crippen molar-refractivity contribution in [3.8, 4) is 11.8 Å². The highest BCUT2D eigenvalue weighted by Gasteiger charge is 2.09. The van der Waals surface area contributed by atoms with E-state index < -0.39 is 0 Å². The molecule has 0 amide bonds. The molecule has 1 N–H and O–H groups in total. The van der Waals surface area contributed by atoms with Gasteiger partial charge in [0.25, 0.3) is 0 Å². The lowest BCUT2D eigenvalue weighted by Crippen LogP contribution is -2.21. The van der Waals surface area contributed by atoms with Crippen LogP contribution in [0, 0.1) is 11.8 Å². The van der Waals surface area contributed by atoms with Crippen LogP contribution in [-0.4, -0.2) is 11.5 Å². The maximum Gasteiger partial charge on any atom is 0.0446 e. The molecule has 0 bridgehead atoms. The molecule has 0 spiro atoms. The fraction of sp³-hybridized carbons (Fsp3) is 0.462. The van der Waals surface area contributed by atoms with E-state index >= 15 is 0 Å². The zero-order chi connectivity index (χ0) is 11.8. The van der Waals surface area contributed by atoms with Crippen molar-refractivity contribution < 1.29 is 0 Å². The first-order valence-electron chi connectivity index (χ1n) is 5.51. The van der Waals surface area contributed by atoms with Crippen LogP contribution in [0.5, 0.6) is 0 Å². The van der Waals surface area contributed by atoms with E-state index in [0.29, 0.717) is 0 Å². The molecule has 86 valence electrons. The zero-order valence-corrected chi connectivity index (χ0v) is 11.3. The van der Waals surface area contributed by atoms with Gasteiger partial charge in [0.05, 0.1) is 0 Å². The highest BCUT2D eigenvalue weighted by Crippen LogP contribution is 2.19. The van der Waals surface area contributed by atoms with Crippen molar-refractivity contribution in [2.45, 2.75) is 32.7 Å². The predicted molar refractivity (Wildman–Crippen MR) is 71.0 cm³/mol. The third-order valence-electron chi connectivity index (χ3n) is 2.25. The number of hydrogen-bond donors (Lipinski definition) is 1. The van der Waals surface area contributed by atoms with Crippen LogP contribution in [-0.2, 0) is 0 Å². The molecule has 1 aromatic heterocycles. The number of aromatic nitrogens is 1. The topological polar surface area (TPSA) is 24.9 Å². The summed E-state index contributed by atoms with van der Waals surface area (Å²) in [5.74, 6) is 6.06. The van der Waals surface area contributed by atoms with Gasteiger partial charge in [-0.05, 0) is 47.4 Å². The van der Waals surface area contributed by atoms with Gasteiger partial charge >= 0.3 is 0 Å². The Morgan fingerprint density at radius 1 is 1.50 bits per heavy atom. The van der Waals surface area contributed by atoms with Gasteiger partial charge in [0.2, 0.25) is 0 Å². The Bertz CT molecular complexity index is 379. The maximum absolute atomic E-state index is 4.19. The van der Waals surface area contributed by atoms with Crippen molar-refractivity contribution in [1.82, 2.24) is 10.3 Å². The zero-order valence-electron chi connectivity index (χ0n) is 9.76. The molecule has 0 aliphatic heterocycles. The molecule has 2 nitrogen and oxygen atoms in total. The summed E-state index contributed by atoms with van der Waals surface area (Å²) in [6.07, 6.45) is 5.65. The fourth-order valence-corrected chi connectivity index (χ4v) is 1.83. The Labute approximate surface area is 106 Å². The highest BCUT2D eigenvalue weighted by molar-refractivity contribution is 9.10. The molecule has 1 unspecified atom stereocenters. The van der Waals surface area contributed by atoms with Crippen LogP contribution < -0.4 is 5.32 Å². The Morgan fingerprint density at radius 3 is 2.94 bits per heavy atom. The third kappa shape index (κ3) is 4.34. The number of halogens is 1. The lowest BCUT2D eigenvalue weighted by molar-refractivity contribution is 0.541. The quantitative estimate of drug-likeness (QED) is 0.838. The normalized spacial score (nSPS) is 11.7. The first-order valence-corrected chi connectivity index (χ1v) is 6.30. The van der Waals surface area contributed by atoms with Crippen molar-refractivity contribution in [3.63, 3.8) is 0 Å². The monoisotopic (exact) mass is 280 g/mol. The van der Waals surface area contributed by atoms with Crippen LogP contribution in [0.15, 0.2) is 22.9 Å². The summed E-state index contributed by atoms with van der Waals surface area (Å²) >= 11 is 3.44. The SMILES string of the molecule is CC#CCC(NCCC)c1cncc(Br)c1. The first kappa shape index (κ1) is 13.2. The van der Waals surface area contributed by atoms with Crippen molar-refractivity contribution in [3.05, 3.63) is 28.5 Å². The predicted octanol–water partition coefficient (Wildman–Crippen LogP) is 3.30. The lowest BCUT2D eigenvalue weighted by Gasteiger charge is -2.16. The Kier molecular flexibility index (Phi) is 6.14. The summed E-state index contributed by atoms with van der Waals surface area (Å²) in [6.45, 7) is 5.04. The molecular formula is C13H17BrN2. The van der Waals surface area contributed by atoms with E-state index in [9.17, 15) is 0 Å². The van der Waals surface area contributed by atoms with Gasteiger partial charge in [-0.15, -0.1) is 11.8 Å². The lowest BCUT2D eigenvalue weighted by atomic mass is 10.1. The molecule has 3 heteroatoms. The molecule has 0 aromatic carbocycles. The number of rotatable bonds is 5. The molecule has 0 saturated carbocycles. The summed E-state index contributed by atoms with van der Waals surface area (Å²) in [6, 6.07) is 2.37. The smallest absolute Gasteiger partial charge is 0.0446 e. The summed E-state index contributed by atoms with van der Waals surface area (Å²) in [4.78, 5) is 4.19. The van der Waals surface area contributed by atoms with Crippen LogP contribution in [0.4, 0.5) is 0 Å². The van der Waals surface area contributed by atoms with Crippen LogP contribution in [0.1, 0.15) is 38.3 Å². The van der Waals surface area contributed by atoms with Gasteiger partial charge in [-0.25, -0.2) is 0 Å². The minimum Gasteiger partial charge on any atom is -0.309 e. The van der Waals surface area contributed by atoms with Gasteiger partial charge in [0.15, 0.2) is 0 Å². The summed E-state index contributed by atoms with van der Waals surface area (Å²) in [5.41, 5.74) is 1.19. The number of hydrogen-bond acceptors (Lipinski definition) is 2. The molecule has 1 rings (SSSR count). The fourth-order valence-electron chi connectivity index (χ4n) is 1.45. The Hall–Kier alpha value is -0.850. The molecule has 0 aliphatic rings. The van der Waals surface area contributed by atoms with Gasteiger partial charge < -0.3 is 5.32 Å². The number of nitrogens with one attached hydrogen (secondary N) is 1. The molecule has 1 aromatic rings. The molecule has 0 saturated heterocycles. The summed E-state index contributed by atoms with van der Waals surface area (Å²) < 4.78 is 1.01. The third-order valence-corrected chi connectivity index (χ3v) is 2.69. The molecular weight excluding hydrogens is 264 g/mol. The van der Waals surface area contributed by atoms with E-state index in [-0.39, 0.29) is 6.04 Å². The molecule has 0 fully saturated rings. The molecule has 1 heterocycles. The van der Waals surface area contributed by atoms with Gasteiger partial charge in [-0.1, -0.05) is 6.92 Å². The second-order valence-electron chi connectivity index (χ2n) is 3.57. The van der Waals surface area contributed by atoms with Crippen molar-refractivity contribution in [2.75, 3.05) is 6.54 Å². The minimum atomic E-state index is 0.275. The largest absolute Gasteiger partial charge is 0.309 e. The van der Waals surface area contributed by atoms with Crippen molar-refractivity contribution >= 4 is 15.9 Å². The molecule has 1 atom stereocenters. The highest BCUT2D eigenvalue weighted by atomic mass is 79.9. The second-order valence-corrected chi connectivity index (χ2v) is 4.49. The average molecular weight is 281 g/mol. The molecule has 0 aliphatic carbocycles. The van der Waals surface area contributed by atoms with E-state index in [0.717, 1.165) is 23.9 Å². The van der Waals surface area contributed by atoms with Crippen molar-refractivity contribution in [2.24, 2.45) is 0 Å². The van der Waals surface area contributed by atoms with Gasteiger partial charge in [0, 0.05) is 29.3 Å². The van der Waals surface area contributed by atoms with E-state index in [1.54, 1.807) is 6.20 Å². The van der Waals surface area contributed by atoms with E-state index in [1.807, 2.05) is 13.1 Å². The summed E-state index contributed by atoms with van der Waals surface area (Å²) in [7, 11) is 0. The Balaban J connectivity index is 2.76. The maximum atomic E-state index is 4.19. The first-order chi connectivity index (χ1) is 7.77. The van der Waals surface area contributed by atoms with E-state index in [2.05, 4.69) is 51.1 Å². The van der Waals surface area contributed by atoms with Crippen molar-refractivity contribution in [1.29, 1.82) is 0 Å². The van der Waals surface area contributed by atoms with Crippen LogP contribution in [0.2, 0.25) is 0 Å². The standard InChI is InChI=1S/C13H17BrN2/c1-3-5-6-13(16-7-4-2)11-8-12(14)10-15-9-11/h8-10,13,16H,4,6-7H2,1-2H3. The van der Waals surface area contributed by atoms with E-state index in [1.165, 1.54) is 5.56 Å². The molecule has 16 heavy (non-hydrogen) atoms. The molecule has 0 radical (unpaired) electrons.